The lowest BCUT2D eigenvalue weighted by Gasteiger charge is -2.20. The van der Waals surface area contributed by atoms with Gasteiger partial charge in [0.1, 0.15) is 11.5 Å². The average Bonchev–Trinajstić information content (AvgIpc) is 2.56. The maximum Gasteiger partial charge on any atom is 0.338 e. The Morgan fingerprint density at radius 2 is 1.78 bits per heavy atom. The van der Waals surface area contributed by atoms with Gasteiger partial charge in [0.05, 0.1) is 8.80 Å². The molecule has 0 aliphatic heterocycles. The summed E-state index contributed by atoms with van der Waals surface area (Å²) in [6.07, 6.45) is 1.88. The van der Waals surface area contributed by atoms with E-state index in [4.69, 9.17) is 21.1 Å². The number of benzene rings is 1. The molecule has 1 aromatic rings. The van der Waals surface area contributed by atoms with E-state index >= 15 is 0 Å². The van der Waals surface area contributed by atoms with Crippen LogP contribution < -0.4 is 9.47 Å². The van der Waals surface area contributed by atoms with Crippen molar-refractivity contribution in [1.29, 1.82) is 0 Å². The van der Waals surface area contributed by atoms with E-state index in [9.17, 15) is 9.59 Å². The summed E-state index contributed by atoms with van der Waals surface area (Å²) in [4.78, 5) is 23.3. The smallest absolute Gasteiger partial charge is 0.338 e. The van der Waals surface area contributed by atoms with Crippen LogP contribution in [0.15, 0.2) is 49.1 Å². The van der Waals surface area contributed by atoms with Crippen molar-refractivity contribution in [1.82, 2.24) is 0 Å². The van der Waals surface area contributed by atoms with Crippen LogP contribution in [0, 0.1) is 0 Å². The lowest BCUT2D eigenvalue weighted by molar-refractivity contribution is -0.130. The van der Waals surface area contributed by atoms with E-state index in [0.717, 1.165) is 12.5 Å². The fourth-order valence-electron chi connectivity index (χ4n) is 2.03. The molecule has 0 aliphatic carbocycles. The molecule has 0 aliphatic rings. The van der Waals surface area contributed by atoms with Gasteiger partial charge in [0.2, 0.25) is 0 Å². The first kappa shape index (κ1) is 19.2. The van der Waals surface area contributed by atoms with E-state index < -0.39 is 20.7 Å². The molecular formula is C17H20ClO4Si. The average molecular weight is 352 g/mol. The van der Waals surface area contributed by atoms with E-state index in [1.54, 1.807) is 12.1 Å². The lowest BCUT2D eigenvalue weighted by atomic mass is 10.1. The van der Waals surface area contributed by atoms with Crippen LogP contribution in [0.25, 0.3) is 0 Å². The molecule has 0 spiro atoms. The zero-order valence-corrected chi connectivity index (χ0v) is 15.1. The third-order valence-electron chi connectivity index (χ3n) is 3.32. The summed E-state index contributed by atoms with van der Waals surface area (Å²) in [6, 6.07) is 6.18. The summed E-state index contributed by atoms with van der Waals surface area (Å²) in [7, 11) is -0.878. The maximum atomic E-state index is 12.2. The molecule has 0 N–H and O–H groups in total. The third kappa shape index (κ3) is 5.69. The third-order valence-corrected chi connectivity index (χ3v) is 6.95. The molecular weight excluding hydrogens is 332 g/mol. The molecule has 0 fully saturated rings. The predicted molar refractivity (Wildman–Crippen MR) is 93.4 cm³/mol. The highest BCUT2D eigenvalue weighted by molar-refractivity contribution is 6.68. The first-order valence-corrected chi connectivity index (χ1v) is 9.98. The SMILES string of the molecule is C=CC(=O)Oc1ccc(OC(=O)C(=C)C(CC)[Si](C)CCl)cc1. The number of esters is 2. The summed E-state index contributed by atoms with van der Waals surface area (Å²) >= 11 is 5.91. The Kier molecular flexibility index (Phi) is 7.78. The van der Waals surface area contributed by atoms with Gasteiger partial charge in [0.25, 0.3) is 0 Å². The zero-order chi connectivity index (χ0) is 17.4. The van der Waals surface area contributed by atoms with Crippen LogP contribution in [0.2, 0.25) is 12.1 Å². The Hall–Kier alpha value is -1.85. The Morgan fingerprint density at radius 1 is 1.26 bits per heavy atom. The van der Waals surface area contributed by atoms with Crippen molar-refractivity contribution in [2.75, 3.05) is 5.50 Å². The van der Waals surface area contributed by atoms with Gasteiger partial charge in [-0.05, 0) is 29.8 Å². The highest BCUT2D eigenvalue weighted by Crippen LogP contribution is 2.27. The number of halogens is 1. The summed E-state index contributed by atoms with van der Waals surface area (Å²) in [5, 5.41) is 0. The van der Waals surface area contributed by atoms with Gasteiger partial charge in [-0.1, -0.05) is 33.0 Å². The maximum absolute atomic E-state index is 12.2. The molecule has 123 valence electrons. The molecule has 1 atom stereocenters. The summed E-state index contributed by atoms with van der Waals surface area (Å²) < 4.78 is 10.3. The standard InChI is InChI=1S/C17H20ClO4Si/c1-5-15(23(4)11-18)12(3)17(20)22-14-9-7-13(8-10-14)21-16(19)6-2/h6-10,15H,2-3,5,11H2,1,4H3. The second-order valence-corrected chi connectivity index (χ2v) is 8.41. The molecule has 0 saturated heterocycles. The van der Waals surface area contributed by atoms with Crippen LogP contribution in [0.4, 0.5) is 0 Å². The fraction of sp³-hybridized carbons (Fsp3) is 0.294. The second kappa shape index (κ2) is 9.32. The molecule has 0 aromatic heterocycles. The van der Waals surface area contributed by atoms with Crippen molar-refractivity contribution in [2.45, 2.75) is 25.4 Å². The Morgan fingerprint density at radius 3 is 2.22 bits per heavy atom. The quantitative estimate of drug-likeness (QED) is 0.234. The Labute approximate surface area is 143 Å². The van der Waals surface area contributed by atoms with Gasteiger partial charge >= 0.3 is 11.9 Å². The largest absolute Gasteiger partial charge is 0.423 e. The predicted octanol–water partition coefficient (Wildman–Crippen LogP) is 3.92. The molecule has 4 nitrogen and oxygen atoms in total. The van der Waals surface area contributed by atoms with Gasteiger partial charge in [-0.2, -0.15) is 0 Å². The monoisotopic (exact) mass is 351 g/mol. The van der Waals surface area contributed by atoms with Gasteiger partial charge < -0.3 is 9.47 Å². The number of carbonyl (C=O) groups is 2. The van der Waals surface area contributed by atoms with E-state index in [0.29, 0.717) is 22.6 Å². The fourth-order valence-corrected chi connectivity index (χ4v) is 4.19. The molecule has 1 unspecified atom stereocenters. The number of carbonyl (C=O) groups excluding carboxylic acids is 2. The molecule has 0 heterocycles. The topological polar surface area (TPSA) is 52.6 Å². The van der Waals surface area contributed by atoms with Gasteiger partial charge in [0.15, 0.2) is 0 Å². The van der Waals surface area contributed by atoms with E-state index in [1.807, 2.05) is 6.92 Å². The Bertz CT molecular complexity index is 583. The molecule has 1 radical (unpaired) electrons. The van der Waals surface area contributed by atoms with E-state index in [-0.39, 0.29) is 5.54 Å². The number of ether oxygens (including phenoxy) is 2. The summed E-state index contributed by atoms with van der Waals surface area (Å²) in [5.41, 5.74) is 1.09. The van der Waals surface area contributed by atoms with Crippen molar-refractivity contribution in [3.63, 3.8) is 0 Å². The highest BCUT2D eigenvalue weighted by Gasteiger charge is 2.25. The molecule has 0 amide bonds. The summed E-state index contributed by atoms with van der Waals surface area (Å²) in [6.45, 7) is 11.3. The Balaban J connectivity index is 2.71. The van der Waals surface area contributed by atoms with Gasteiger partial charge in [-0.25, -0.2) is 9.59 Å². The molecule has 1 rings (SSSR count). The van der Waals surface area contributed by atoms with Crippen LogP contribution in [-0.2, 0) is 9.59 Å². The van der Waals surface area contributed by atoms with E-state index in [1.165, 1.54) is 12.1 Å². The lowest BCUT2D eigenvalue weighted by Crippen LogP contribution is -2.25. The minimum absolute atomic E-state index is 0.0813. The van der Waals surface area contributed by atoms with Crippen molar-refractivity contribution >= 4 is 32.3 Å². The molecule has 23 heavy (non-hydrogen) atoms. The number of alkyl halides is 1. The van der Waals surface area contributed by atoms with Crippen LogP contribution in [0.3, 0.4) is 0 Å². The number of hydrogen-bond acceptors (Lipinski definition) is 4. The molecule has 0 saturated carbocycles. The summed E-state index contributed by atoms with van der Waals surface area (Å²) in [5.74, 6) is -0.295. The number of rotatable bonds is 8. The minimum atomic E-state index is -0.878. The van der Waals surface area contributed by atoms with Crippen LogP contribution in [0.5, 0.6) is 11.5 Å². The first-order valence-electron chi connectivity index (χ1n) is 7.16. The molecule has 0 bridgehead atoms. The van der Waals surface area contributed by atoms with Crippen molar-refractivity contribution < 1.29 is 19.1 Å². The molecule has 6 heteroatoms. The zero-order valence-electron chi connectivity index (χ0n) is 13.3. The first-order chi connectivity index (χ1) is 10.9. The normalized spacial score (nSPS) is 11.7. The van der Waals surface area contributed by atoms with Crippen LogP contribution in [0.1, 0.15) is 13.3 Å². The van der Waals surface area contributed by atoms with Gasteiger partial charge in [-0.3, -0.25) is 0 Å². The van der Waals surface area contributed by atoms with Crippen molar-refractivity contribution in [3.05, 3.63) is 49.1 Å². The number of hydrogen-bond donors (Lipinski definition) is 0. The van der Waals surface area contributed by atoms with Gasteiger partial charge in [-0.15, -0.1) is 11.6 Å². The highest BCUT2D eigenvalue weighted by atomic mass is 35.5. The molecule has 1 aromatic carbocycles. The minimum Gasteiger partial charge on any atom is -0.423 e. The van der Waals surface area contributed by atoms with Crippen LogP contribution in [-0.4, -0.2) is 26.2 Å². The van der Waals surface area contributed by atoms with E-state index in [2.05, 4.69) is 19.7 Å². The second-order valence-electron chi connectivity index (χ2n) is 4.95. The van der Waals surface area contributed by atoms with Crippen molar-refractivity contribution in [3.8, 4) is 11.5 Å². The van der Waals surface area contributed by atoms with Crippen molar-refractivity contribution in [2.24, 2.45) is 0 Å². The van der Waals surface area contributed by atoms with Crippen LogP contribution >= 0.6 is 11.6 Å². The van der Waals surface area contributed by atoms with Gasteiger partial charge in [0, 0.05) is 17.2 Å².